The third-order valence-corrected chi connectivity index (χ3v) is 5.32. The number of thiophene rings is 1. The molecule has 1 aromatic heterocycles. The highest BCUT2D eigenvalue weighted by molar-refractivity contribution is 7.12. The highest BCUT2D eigenvalue weighted by atomic mass is 32.1. The number of benzene rings is 1. The van der Waals surface area contributed by atoms with Crippen molar-refractivity contribution in [3.05, 3.63) is 52.2 Å². The average molecular weight is 404 g/mol. The quantitative estimate of drug-likeness (QED) is 0.715. The van der Waals surface area contributed by atoms with Crippen LogP contribution >= 0.6 is 11.3 Å². The molecule has 0 saturated carbocycles. The van der Waals surface area contributed by atoms with E-state index in [9.17, 15) is 9.59 Å². The molecule has 1 aliphatic rings. The fourth-order valence-electron chi connectivity index (χ4n) is 2.96. The molecule has 1 aromatic carbocycles. The number of amides is 1. The Hall–Kier alpha value is -2.58. The predicted octanol–water partition coefficient (Wildman–Crippen LogP) is 2.91. The van der Waals surface area contributed by atoms with Gasteiger partial charge in [0.1, 0.15) is 12.4 Å². The Kier molecular flexibility index (Phi) is 7.27. The van der Waals surface area contributed by atoms with Crippen molar-refractivity contribution < 1.29 is 23.8 Å². The lowest BCUT2D eigenvalue weighted by Crippen LogP contribution is -2.53. The number of carbonyl (C=O) groups excluding carboxylic acids is 2. The molecular weight excluding hydrogens is 380 g/mol. The summed E-state index contributed by atoms with van der Waals surface area (Å²) in [4.78, 5) is 26.2. The molecule has 2 heterocycles. The highest BCUT2D eigenvalue weighted by Crippen LogP contribution is 2.25. The Morgan fingerprint density at radius 2 is 2.07 bits per heavy atom. The van der Waals surface area contributed by atoms with Gasteiger partial charge in [0.15, 0.2) is 4.88 Å². The van der Waals surface area contributed by atoms with Gasteiger partial charge in [0, 0.05) is 25.7 Å². The van der Waals surface area contributed by atoms with Gasteiger partial charge in [-0.1, -0.05) is 30.3 Å². The first-order valence-corrected chi connectivity index (χ1v) is 10.0. The molecule has 0 aliphatic carbocycles. The highest BCUT2D eigenvalue weighted by Gasteiger charge is 2.24. The number of piperazine rings is 1. The Labute approximate surface area is 168 Å². The van der Waals surface area contributed by atoms with Crippen LogP contribution in [0.5, 0.6) is 5.75 Å². The van der Waals surface area contributed by atoms with Gasteiger partial charge in [-0.05, 0) is 23.4 Å². The van der Waals surface area contributed by atoms with Crippen LogP contribution in [0, 0.1) is 0 Å². The molecule has 0 unspecified atom stereocenters. The lowest BCUT2D eigenvalue weighted by molar-refractivity contribution is 0.0600. The number of carbonyl (C=O) groups is 2. The van der Waals surface area contributed by atoms with Gasteiger partial charge in [-0.2, -0.15) is 0 Å². The van der Waals surface area contributed by atoms with Crippen LogP contribution in [0.1, 0.15) is 21.7 Å². The Balaban J connectivity index is 1.43. The molecule has 1 amide bonds. The van der Waals surface area contributed by atoms with Gasteiger partial charge in [0.05, 0.1) is 13.7 Å². The molecule has 0 bridgehead atoms. The van der Waals surface area contributed by atoms with Gasteiger partial charge in [-0.25, -0.2) is 9.59 Å². The first-order chi connectivity index (χ1) is 13.7. The Morgan fingerprint density at radius 3 is 2.86 bits per heavy atom. The molecule has 1 aliphatic heterocycles. The third kappa shape index (κ3) is 5.46. The molecule has 1 atom stereocenters. The lowest BCUT2D eigenvalue weighted by Gasteiger charge is -2.33. The normalized spacial score (nSPS) is 16.5. The van der Waals surface area contributed by atoms with Crippen molar-refractivity contribution in [1.82, 2.24) is 10.2 Å². The summed E-state index contributed by atoms with van der Waals surface area (Å²) in [7, 11) is 1.35. The second-order valence-electron chi connectivity index (χ2n) is 6.38. The molecule has 7 nitrogen and oxygen atoms in total. The van der Waals surface area contributed by atoms with Gasteiger partial charge in [-0.3, -0.25) is 0 Å². The summed E-state index contributed by atoms with van der Waals surface area (Å²) in [6.07, 6.45) is 0.404. The zero-order valence-electron chi connectivity index (χ0n) is 15.8. The molecular formula is C20H24N2O5S. The minimum absolute atomic E-state index is 0.109. The van der Waals surface area contributed by atoms with E-state index in [1.807, 2.05) is 30.3 Å². The first-order valence-electron chi connectivity index (χ1n) is 9.15. The number of esters is 1. The molecule has 1 fully saturated rings. The zero-order chi connectivity index (χ0) is 19.8. The topological polar surface area (TPSA) is 77.1 Å². The van der Waals surface area contributed by atoms with Crippen LogP contribution in [-0.4, -0.2) is 56.4 Å². The zero-order valence-corrected chi connectivity index (χ0v) is 16.6. The van der Waals surface area contributed by atoms with Crippen molar-refractivity contribution in [3.63, 3.8) is 0 Å². The van der Waals surface area contributed by atoms with E-state index in [0.717, 1.165) is 5.56 Å². The van der Waals surface area contributed by atoms with Crippen molar-refractivity contribution in [1.29, 1.82) is 0 Å². The summed E-state index contributed by atoms with van der Waals surface area (Å²) >= 11 is 1.29. The van der Waals surface area contributed by atoms with Gasteiger partial charge < -0.3 is 24.4 Å². The van der Waals surface area contributed by atoms with Crippen LogP contribution in [0.4, 0.5) is 4.79 Å². The maximum atomic E-state index is 12.3. The van der Waals surface area contributed by atoms with Crippen LogP contribution in [0.15, 0.2) is 41.8 Å². The van der Waals surface area contributed by atoms with Crippen LogP contribution in [0.2, 0.25) is 0 Å². The molecule has 0 spiro atoms. The number of nitrogens with one attached hydrogen (secondary N) is 1. The average Bonchev–Trinajstić information content (AvgIpc) is 3.21. The SMILES string of the molecule is COC(=O)c1sccc1OCC[C@@H]1CN(C(=O)OCc2ccccc2)CCN1. The maximum Gasteiger partial charge on any atom is 0.410 e. The molecule has 1 N–H and O–H groups in total. The second kappa shape index (κ2) is 10.1. The van der Waals surface area contributed by atoms with Crippen LogP contribution in [0.3, 0.4) is 0 Å². The van der Waals surface area contributed by atoms with E-state index < -0.39 is 5.97 Å². The number of rotatable bonds is 7. The predicted molar refractivity (Wildman–Crippen MR) is 106 cm³/mol. The number of methoxy groups -OCH3 is 1. The van der Waals surface area contributed by atoms with Crippen LogP contribution in [0.25, 0.3) is 0 Å². The third-order valence-electron chi connectivity index (χ3n) is 4.44. The van der Waals surface area contributed by atoms with Crippen LogP contribution in [-0.2, 0) is 16.1 Å². The molecule has 150 valence electrons. The minimum Gasteiger partial charge on any atom is -0.492 e. The Bertz CT molecular complexity index is 780. The summed E-state index contributed by atoms with van der Waals surface area (Å²) in [5.41, 5.74) is 0.966. The van der Waals surface area contributed by atoms with E-state index in [4.69, 9.17) is 14.2 Å². The van der Waals surface area contributed by atoms with E-state index in [1.54, 1.807) is 16.3 Å². The summed E-state index contributed by atoms with van der Waals surface area (Å²) in [5, 5.41) is 5.18. The monoisotopic (exact) mass is 404 g/mol. The smallest absolute Gasteiger partial charge is 0.410 e. The van der Waals surface area contributed by atoms with E-state index in [2.05, 4.69) is 5.32 Å². The minimum atomic E-state index is -0.395. The van der Waals surface area contributed by atoms with Crippen LogP contribution < -0.4 is 10.1 Å². The summed E-state index contributed by atoms with van der Waals surface area (Å²) in [6, 6.07) is 11.5. The standard InChI is InChI=1S/C20H24N2O5S/c1-25-19(23)18-17(8-12-28-18)26-11-7-16-13-22(10-9-21-16)20(24)27-14-15-5-3-2-4-6-15/h2-6,8,12,16,21H,7,9-11,13-14H2,1H3/t16-/m1/s1. The number of hydrogen-bond acceptors (Lipinski definition) is 7. The second-order valence-corrected chi connectivity index (χ2v) is 7.30. The Morgan fingerprint density at radius 1 is 1.25 bits per heavy atom. The fraction of sp³-hybridized carbons (Fsp3) is 0.400. The van der Waals surface area contributed by atoms with E-state index in [1.165, 1.54) is 18.4 Å². The molecule has 28 heavy (non-hydrogen) atoms. The van der Waals surface area contributed by atoms with Gasteiger partial charge in [0.25, 0.3) is 0 Å². The fourth-order valence-corrected chi connectivity index (χ4v) is 3.71. The number of hydrogen-bond donors (Lipinski definition) is 1. The molecule has 3 rings (SSSR count). The largest absolute Gasteiger partial charge is 0.492 e. The van der Waals surface area contributed by atoms with Crippen molar-refractivity contribution in [3.8, 4) is 5.75 Å². The maximum absolute atomic E-state index is 12.3. The molecule has 0 radical (unpaired) electrons. The van der Waals surface area contributed by atoms with E-state index in [0.29, 0.717) is 43.3 Å². The summed E-state index contributed by atoms with van der Waals surface area (Å²) < 4.78 is 15.9. The summed E-state index contributed by atoms with van der Waals surface area (Å²) in [5.74, 6) is 0.139. The molecule has 1 saturated heterocycles. The molecule has 8 heteroatoms. The number of ether oxygens (including phenoxy) is 3. The van der Waals surface area contributed by atoms with Gasteiger partial charge in [0.2, 0.25) is 0 Å². The van der Waals surface area contributed by atoms with Crippen molar-refractivity contribution in [2.24, 2.45) is 0 Å². The van der Waals surface area contributed by atoms with Crippen molar-refractivity contribution in [2.45, 2.75) is 19.1 Å². The van der Waals surface area contributed by atoms with E-state index >= 15 is 0 Å². The van der Waals surface area contributed by atoms with Crippen molar-refractivity contribution >= 4 is 23.4 Å². The summed E-state index contributed by atoms with van der Waals surface area (Å²) in [6.45, 7) is 2.58. The van der Waals surface area contributed by atoms with Crippen molar-refractivity contribution in [2.75, 3.05) is 33.4 Å². The number of nitrogens with zero attached hydrogens (tertiary/aromatic N) is 1. The van der Waals surface area contributed by atoms with E-state index in [-0.39, 0.29) is 18.7 Å². The van der Waals surface area contributed by atoms with Gasteiger partial charge in [-0.15, -0.1) is 11.3 Å². The lowest BCUT2D eigenvalue weighted by atomic mass is 10.1. The van der Waals surface area contributed by atoms with Gasteiger partial charge >= 0.3 is 12.1 Å². The molecule has 2 aromatic rings. The first kappa shape index (κ1) is 20.2.